The van der Waals surface area contributed by atoms with E-state index in [4.69, 9.17) is 9.47 Å². The SMILES string of the molecule is COC1=CC(=O)C(c2ccsc2)=C(OC)C1=O. The van der Waals surface area contributed by atoms with Crippen molar-refractivity contribution in [1.29, 1.82) is 0 Å². The van der Waals surface area contributed by atoms with Crippen molar-refractivity contribution in [3.05, 3.63) is 40.0 Å². The molecule has 1 aromatic heterocycles. The highest BCUT2D eigenvalue weighted by atomic mass is 32.1. The summed E-state index contributed by atoms with van der Waals surface area (Å²) in [5, 5.41) is 3.63. The summed E-state index contributed by atoms with van der Waals surface area (Å²) in [5.74, 6) is -0.647. The van der Waals surface area contributed by atoms with Gasteiger partial charge >= 0.3 is 0 Å². The molecule has 0 aliphatic heterocycles. The summed E-state index contributed by atoms with van der Waals surface area (Å²) in [6.07, 6.45) is 1.19. The zero-order valence-electron chi connectivity index (χ0n) is 9.35. The van der Waals surface area contributed by atoms with E-state index in [2.05, 4.69) is 0 Å². The fourth-order valence-electron chi connectivity index (χ4n) is 1.62. The summed E-state index contributed by atoms with van der Waals surface area (Å²) in [7, 11) is 2.71. The zero-order valence-corrected chi connectivity index (χ0v) is 10.2. The lowest BCUT2D eigenvalue weighted by atomic mass is 9.95. The number of Topliss-reactive ketones (excluding diaryl/α,β-unsaturated/α-hetero) is 1. The van der Waals surface area contributed by atoms with E-state index in [1.807, 2.05) is 5.38 Å². The van der Waals surface area contributed by atoms with E-state index in [-0.39, 0.29) is 17.3 Å². The van der Waals surface area contributed by atoms with E-state index in [1.165, 1.54) is 31.6 Å². The molecular weight excluding hydrogens is 240 g/mol. The second-order valence-corrected chi connectivity index (χ2v) is 4.11. The Morgan fingerprint density at radius 1 is 1.18 bits per heavy atom. The maximum absolute atomic E-state index is 11.9. The van der Waals surface area contributed by atoms with Crippen LogP contribution in [0.5, 0.6) is 0 Å². The number of ether oxygens (including phenoxy) is 2. The zero-order chi connectivity index (χ0) is 12.4. The Bertz CT molecular complexity index is 523. The van der Waals surface area contributed by atoms with Crippen LogP contribution in [0.15, 0.2) is 34.4 Å². The second-order valence-electron chi connectivity index (χ2n) is 3.33. The monoisotopic (exact) mass is 250 g/mol. The first kappa shape index (κ1) is 11.6. The van der Waals surface area contributed by atoms with Gasteiger partial charge in [0.15, 0.2) is 17.3 Å². The van der Waals surface area contributed by atoms with Crippen molar-refractivity contribution in [3.8, 4) is 0 Å². The predicted molar refractivity (Wildman–Crippen MR) is 63.4 cm³/mol. The molecule has 0 fully saturated rings. The number of rotatable bonds is 3. The van der Waals surface area contributed by atoms with Gasteiger partial charge in [-0.3, -0.25) is 9.59 Å². The Kier molecular flexibility index (Phi) is 3.10. The molecule has 2 rings (SSSR count). The lowest BCUT2D eigenvalue weighted by Crippen LogP contribution is -2.20. The van der Waals surface area contributed by atoms with Crippen LogP contribution in [0.4, 0.5) is 0 Å². The maximum atomic E-state index is 11.9. The van der Waals surface area contributed by atoms with Crippen LogP contribution in [0.2, 0.25) is 0 Å². The number of allylic oxidation sites excluding steroid dienone is 2. The van der Waals surface area contributed by atoms with Gasteiger partial charge in [-0.05, 0) is 16.8 Å². The van der Waals surface area contributed by atoms with Gasteiger partial charge in [0.1, 0.15) is 0 Å². The van der Waals surface area contributed by atoms with Crippen molar-refractivity contribution >= 4 is 28.5 Å². The largest absolute Gasteiger partial charge is 0.492 e. The number of hydrogen-bond donors (Lipinski definition) is 0. The molecule has 0 bridgehead atoms. The molecular formula is C12H10O4S. The third-order valence-electron chi connectivity index (χ3n) is 2.40. The van der Waals surface area contributed by atoms with Crippen molar-refractivity contribution in [3.63, 3.8) is 0 Å². The molecule has 17 heavy (non-hydrogen) atoms. The van der Waals surface area contributed by atoms with E-state index in [9.17, 15) is 9.59 Å². The Hall–Kier alpha value is -1.88. The van der Waals surface area contributed by atoms with Crippen LogP contribution in [0.3, 0.4) is 0 Å². The minimum Gasteiger partial charge on any atom is -0.492 e. The van der Waals surface area contributed by atoms with Gasteiger partial charge in [-0.2, -0.15) is 11.3 Å². The summed E-state index contributed by atoms with van der Waals surface area (Å²) >= 11 is 1.45. The highest BCUT2D eigenvalue weighted by molar-refractivity contribution is 7.08. The molecule has 4 nitrogen and oxygen atoms in total. The number of ketones is 2. The molecule has 0 saturated heterocycles. The van der Waals surface area contributed by atoms with Crippen LogP contribution in [-0.4, -0.2) is 25.8 Å². The lowest BCUT2D eigenvalue weighted by Gasteiger charge is -2.16. The van der Waals surface area contributed by atoms with Crippen LogP contribution in [-0.2, 0) is 19.1 Å². The molecule has 1 aliphatic carbocycles. The van der Waals surface area contributed by atoms with E-state index in [0.29, 0.717) is 11.1 Å². The molecule has 5 heteroatoms. The van der Waals surface area contributed by atoms with Gasteiger partial charge in [0.25, 0.3) is 5.78 Å². The smallest absolute Gasteiger partial charge is 0.262 e. The first-order chi connectivity index (χ1) is 8.19. The van der Waals surface area contributed by atoms with Crippen LogP contribution in [0.1, 0.15) is 5.56 Å². The summed E-state index contributed by atoms with van der Waals surface area (Å²) in [6, 6.07) is 1.77. The van der Waals surface area contributed by atoms with Crippen molar-refractivity contribution in [2.75, 3.05) is 14.2 Å². The van der Waals surface area contributed by atoms with Gasteiger partial charge in [0.2, 0.25) is 0 Å². The molecule has 1 aliphatic rings. The van der Waals surface area contributed by atoms with Crippen LogP contribution >= 0.6 is 11.3 Å². The van der Waals surface area contributed by atoms with E-state index >= 15 is 0 Å². The van der Waals surface area contributed by atoms with Gasteiger partial charge in [-0.1, -0.05) is 0 Å². The molecule has 1 aromatic rings. The molecule has 88 valence electrons. The van der Waals surface area contributed by atoms with E-state index in [1.54, 1.807) is 11.4 Å². The molecule has 1 heterocycles. The van der Waals surface area contributed by atoms with Crippen LogP contribution in [0, 0.1) is 0 Å². The molecule has 0 spiro atoms. The standard InChI is InChI=1S/C12H10O4S/c1-15-9-5-8(13)10(7-3-4-17-6-7)12(16-2)11(9)14/h3-6H,1-2H3. The third kappa shape index (κ3) is 1.89. The average molecular weight is 250 g/mol. The molecule has 0 amide bonds. The molecule has 0 N–H and O–H groups in total. The lowest BCUT2D eigenvalue weighted by molar-refractivity contribution is -0.119. The van der Waals surface area contributed by atoms with E-state index in [0.717, 1.165) is 0 Å². The van der Waals surface area contributed by atoms with E-state index < -0.39 is 5.78 Å². The second kappa shape index (κ2) is 4.55. The van der Waals surface area contributed by atoms with Crippen molar-refractivity contribution in [2.24, 2.45) is 0 Å². The Morgan fingerprint density at radius 2 is 1.94 bits per heavy atom. The van der Waals surface area contributed by atoms with Crippen molar-refractivity contribution in [2.45, 2.75) is 0 Å². The van der Waals surface area contributed by atoms with Crippen LogP contribution in [0.25, 0.3) is 5.57 Å². The number of carbonyl (C=O) groups is 2. The molecule has 0 atom stereocenters. The minimum atomic E-state index is -0.407. The maximum Gasteiger partial charge on any atom is 0.262 e. The first-order valence-electron chi connectivity index (χ1n) is 4.84. The van der Waals surface area contributed by atoms with Crippen LogP contribution < -0.4 is 0 Å². The molecule has 0 aromatic carbocycles. The highest BCUT2D eigenvalue weighted by Crippen LogP contribution is 2.29. The quantitative estimate of drug-likeness (QED) is 0.767. The number of methoxy groups -OCH3 is 2. The fourth-order valence-corrected chi connectivity index (χ4v) is 2.27. The number of hydrogen-bond acceptors (Lipinski definition) is 5. The summed E-state index contributed by atoms with van der Waals surface area (Å²) in [4.78, 5) is 23.8. The van der Waals surface area contributed by atoms with Gasteiger partial charge in [-0.15, -0.1) is 0 Å². The summed E-state index contributed by atoms with van der Waals surface area (Å²) in [5.41, 5.74) is 0.983. The van der Waals surface area contributed by atoms with Gasteiger partial charge < -0.3 is 9.47 Å². The Balaban J connectivity index is 2.56. The summed E-state index contributed by atoms with van der Waals surface area (Å²) < 4.78 is 9.89. The van der Waals surface area contributed by atoms with Crippen molar-refractivity contribution < 1.29 is 19.1 Å². The van der Waals surface area contributed by atoms with Gasteiger partial charge in [0, 0.05) is 11.6 Å². The third-order valence-corrected chi connectivity index (χ3v) is 3.08. The number of thiophene rings is 1. The topological polar surface area (TPSA) is 52.6 Å². The average Bonchev–Trinajstić information content (AvgIpc) is 2.84. The fraction of sp³-hybridized carbons (Fsp3) is 0.167. The highest BCUT2D eigenvalue weighted by Gasteiger charge is 2.31. The molecule has 0 saturated carbocycles. The number of carbonyl (C=O) groups excluding carboxylic acids is 2. The minimum absolute atomic E-state index is 0.00540. The van der Waals surface area contributed by atoms with Gasteiger partial charge in [0.05, 0.1) is 19.8 Å². The normalized spacial score (nSPS) is 16.0. The Morgan fingerprint density at radius 3 is 2.47 bits per heavy atom. The predicted octanol–water partition coefficient (Wildman–Crippen LogP) is 1.79. The summed E-state index contributed by atoms with van der Waals surface area (Å²) in [6.45, 7) is 0. The molecule has 0 unspecified atom stereocenters. The molecule has 0 radical (unpaired) electrons. The van der Waals surface area contributed by atoms with Gasteiger partial charge in [-0.25, -0.2) is 0 Å². The Labute approximate surface area is 102 Å². The first-order valence-corrected chi connectivity index (χ1v) is 5.79. The van der Waals surface area contributed by atoms with Crippen molar-refractivity contribution in [1.82, 2.24) is 0 Å².